The minimum atomic E-state index is -0.396. The molecule has 0 aliphatic heterocycles. The standard InChI is InChI=1S/C13H11N5O3/c1-2-20-13(19)9-4-3-5-10(8-9)21-12-7-6-11-14-16-17-18(11)15-12/h3-8H,2H2,1H3. The summed E-state index contributed by atoms with van der Waals surface area (Å²) in [5, 5.41) is 15.0. The Morgan fingerprint density at radius 2 is 2.19 bits per heavy atom. The first-order valence-electron chi connectivity index (χ1n) is 6.27. The van der Waals surface area contributed by atoms with Crippen molar-refractivity contribution < 1.29 is 14.3 Å². The van der Waals surface area contributed by atoms with Crippen LogP contribution in [0.1, 0.15) is 17.3 Å². The molecular formula is C13H11N5O3. The molecule has 0 saturated heterocycles. The van der Waals surface area contributed by atoms with Gasteiger partial charge in [0.05, 0.1) is 12.2 Å². The zero-order valence-electron chi connectivity index (χ0n) is 11.1. The fourth-order valence-corrected chi connectivity index (χ4v) is 1.71. The SMILES string of the molecule is CCOC(=O)c1cccc(Oc2ccc3nnnn3n2)c1. The lowest BCUT2D eigenvalue weighted by molar-refractivity contribution is 0.0526. The zero-order valence-corrected chi connectivity index (χ0v) is 11.1. The summed E-state index contributed by atoms with van der Waals surface area (Å²) in [6.07, 6.45) is 0. The van der Waals surface area contributed by atoms with Crippen LogP contribution in [0.3, 0.4) is 0 Å². The van der Waals surface area contributed by atoms with E-state index in [0.717, 1.165) is 0 Å². The van der Waals surface area contributed by atoms with Crippen LogP contribution in [0.15, 0.2) is 36.4 Å². The number of aromatic nitrogens is 5. The Balaban J connectivity index is 1.83. The lowest BCUT2D eigenvalue weighted by Gasteiger charge is -2.06. The highest BCUT2D eigenvalue weighted by Crippen LogP contribution is 2.20. The van der Waals surface area contributed by atoms with Gasteiger partial charge in [-0.25, -0.2) is 4.79 Å². The normalized spacial score (nSPS) is 10.5. The van der Waals surface area contributed by atoms with Crippen molar-refractivity contribution in [1.82, 2.24) is 25.3 Å². The van der Waals surface area contributed by atoms with Gasteiger partial charge in [-0.1, -0.05) is 6.07 Å². The Labute approximate surface area is 119 Å². The first kappa shape index (κ1) is 13.0. The summed E-state index contributed by atoms with van der Waals surface area (Å²) < 4.78 is 11.8. The van der Waals surface area contributed by atoms with Crippen LogP contribution in [0.4, 0.5) is 0 Å². The smallest absolute Gasteiger partial charge is 0.338 e. The summed E-state index contributed by atoms with van der Waals surface area (Å²) in [5.74, 6) is 0.392. The minimum Gasteiger partial charge on any atom is -0.462 e. The van der Waals surface area contributed by atoms with Crippen molar-refractivity contribution in [2.24, 2.45) is 0 Å². The van der Waals surface area contributed by atoms with Crippen LogP contribution in [0.25, 0.3) is 5.65 Å². The first-order valence-corrected chi connectivity index (χ1v) is 6.27. The van der Waals surface area contributed by atoms with Gasteiger partial charge in [-0.15, -0.1) is 14.8 Å². The van der Waals surface area contributed by atoms with E-state index in [1.807, 2.05) is 0 Å². The molecule has 0 aliphatic rings. The molecule has 0 fully saturated rings. The number of tetrazole rings is 1. The molecule has 1 aromatic carbocycles. The highest BCUT2D eigenvalue weighted by atomic mass is 16.5. The average molecular weight is 285 g/mol. The van der Waals surface area contributed by atoms with E-state index in [1.54, 1.807) is 43.3 Å². The molecular weight excluding hydrogens is 274 g/mol. The lowest BCUT2D eigenvalue weighted by Crippen LogP contribution is -2.04. The van der Waals surface area contributed by atoms with Gasteiger partial charge in [-0.3, -0.25) is 0 Å². The maximum absolute atomic E-state index is 11.7. The first-order chi connectivity index (χ1) is 10.3. The molecule has 2 heterocycles. The highest BCUT2D eigenvalue weighted by molar-refractivity contribution is 5.89. The van der Waals surface area contributed by atoms with Gasteiger partial charge in [0.15, 0.2) is 5.65 Å². The number of esters is 1. The second-order valence-corrected chi connectivity index (χ2v) is 4.05. The van der Waals surface area contributed by atoms with Gasteiger partial charge in [-0.05, 0) is 41.6 Å². The Morgan fingerprint density at radius 3 is 3.05 bits per heavy atom. The van der Waals surface area contributed by atoms with Crippen molar-refractivity contribution >= 4 is 11.6 Å². The number of nitrogens with zero attached hydrogens (tertiary/aromatic N) is 5. The lowest BCUT2D eigenvalue weighted by atomic mass is 10.2. The molecule has 0 amide bonds. The number of carbonyl (C=O) groups excluding carboxylic acids is 1. The second kappa shape index (κ2) is 5.53. The van der Waals surface area contributed by atoms with Crippen LogP contribution < -0.4 is 4.74 Å². The Kier molecular flexibility index (Phi) is 3.42. The van der Waals surface area contributed by atoms with E-state index in [0.29, 0.717) is 29.4 Å². The summed E-state index contributed by atoms with van der Waals surface area (Å²) in [5.41, 5.74) is 0.931. The molecule has 0 radical (unpaired) electrons. The van der Waals surface area contributed by atoms with Crippen molar-refractivity contribution in [3.63, 3.8) is 0 Å². The average Bonchev–Trinajstić information content (AvgIpc) is 2.95. The van der Waals surface area contributed by atoms with E-state index in [4.69, 9.17) is 9.47 Å². The Morgan fingerprint density at radius 1 is 1.29 bits per heavy atom. The van der Waals surface area contributed by atoms with Crippen LogP contribution in [0.2, 0.25) is 0 Å². The number of benzene rings is 1. The van der Waals surface area contributed by atoms with Crippen LogP contribution in [-0.2, 0) is 4.74 Å². The third-order valence-corrected chi connectivity index (χ3v) is 2.61. The second-order valence-electron chi connectivity index (χ2n) is 4.05. The van der Waals surface area contributed by atoms with Crippen molar-refractivity contribution in [2.75, 3.05) is 6.61 Å². The molecule has 0 saturated carbocycles. The van der Waals surface area contributed by atoms with Gasteiger partial charge in [0.2, 0.25) is 5.88 Å². The molecule has 106 valence electrons. The number of hydrogen-bond donors (Lipinski definition) is 0. The molecule has 0 aliphatic carbocycles. The fraction of sp³-hybridized carbons (Fsp3) is 0.154. The van der Waals surface area contributed by atoms with E-state index in [2.05, 4.69) is 20.6 Å². The van der Waals surface area contributed by atoms with Crippen molar-refractivity contribution in [2.45, 2.75) is 6.92 Å². The molecule has 0 unspecified atom stereocenters. The van der Waals surface area contributed by atoms with Crippen LogP contribution >= 0.6 is 0 Å². The quantitative estimate of drug-likeness (QED) is 0.670. The fourth-order valence-electron chi connectivity index (χ4n) is 1.71. The molecule has 21 heavy (non-hydrogen) atoms. The highest BCUT2D eigenvalue weighted by Gasteiger charge is 2.09. The van der Waals surface area contributed by atoms with E-state index >= 15 is 0 Å². The molecule has 3 aromatic rings. The molecule has 0 spiro atoms. The van der Waals surface area contributed by atoms with Gasteiger partial charge in [-0.2, -0.15) is 0 Å². The predicted octanol–water partition coefficient (Wildman–Crippen LogP) is 1.49. The molecule has 8 nitrogen and oxygen atoms in total. The summed E-state index contributed by atoms with van der Waals surface area (Å²) in [6, 6.07) is 9.98. The summed E-state index contributed by atoms with van der Waals surface area (Å²) in [4.78, 5) is 11.7. The molecule has 3 rings (SSSR count). The summed E-state index contributed by atoms with van der Waals surface area (Å²) in [7, 11) is 0. The number of carbonyl (C=O) groups is 1. The van der Waals surface area contributed by atoms with Crippen molar-refractivity contribution in [1.29, 1.82) is 0 Å². The monoisotopic (exact) mass is 285 g/mol. The topological polar surface area (TPSA) is 91.5 Å². The number of hydrogen-bond acceptors (Lipinski definition) is 7. The maximum atomic E-state index is 11.7. The van der Waals surface area contributed by atoms with Crippen LogP contribution in [-0.4, -0.2) is 37.8 Å². The van der Waals surface area contributed by atoms with Crippen LogP contribution in [0.5, 0.6) is 11.6 Å². The zero-order chi connectivity index (χ0) is 14.7. The largest absolute Gasteiger partial charge is 0.462 e. The van der Waals surface area contributed by atoms with E-state index in [-0.39, 0.29) is 0 Å². The summed E-state index contributed by atoms with van der Waals surface area (Å²) in [6.45, 7) is 2.07. The van der Waals surface area contributed by atoms with Crippen molar-refractivity contribution in [3.05, 3.63) is 42.0 Å². The van der Waals surface area contributed by atoms with Crippen LogP contribution in [0, 0.1) is 0 Å². The molecule has 0 N–H and O–H groups in total. The maximum Gasteiger partial charge on any atom is 0.338 e. The van der Waals surface area contributed by atoms with E-state index in [9.17, 15) is 4.79 Å². The Bertz CT molecular complexity index is 786. The molecule has 0 bridgehead atoms. The molecule has 8 heteroatoms. The third kappa shape index (κ3) is 2.78. The number of rotatable bonds is 4. The minimum absolute atomic E-state index is 0.316. The van der Waals surface area contributed by atoms with Gasteiger partial charge in [0.1, 0.15) is 5.75 Å². The number of fused-ring (bicyclic) bond motifs is 1. The van der Waals surface area contributed by atoms with Gasteiger partial charge in [0, 0.05) is 6.07 Å². The predicted molar refractivity (Wildman–Crippen MR) is 71.0 cm³/mol. The van der Waals surface area contributed by atoms with E-state index < -0.39 is 5.97 Å². The molecule has 2 aromatic heterocycles. The van der Waals surface area contributed by atoms with Gasteiger partial charge < -0.3 is 9.47 Å². The third-order valence-electron chi connectivity index (χ3n) is 2.61. The van der Waals surface area contributed by atoms with E-state index in [1.165, 1.54) is 4.63 Å². The number of ether oxygens (including phenoxy) is 2. The van der Waals surface area contributed by atoms with Crippen molar-refractivity contribution in [3.8, 4) is 11.6 Å². The molecule has 0 atom stereocenters. The van der Waals surface area contributed by atoms with Gasteiger partial charge in [0.25, 0.3) is 0 Å². The Hall–Kier alpha value is -3.03. The summed E-state index contributed by atoms with van der Waals surface area (Å²) >= 11 is 0. The van der Waals surface area contributed by atoms with Gasteiger partial charge >= 0.3 is 5.97 Å².